The quantitative estimate of drug-likeness (QED) is 0.539. The molecule has 7 heteroatoms. The third kappa shape index (κ3) is 5.28. The molecular weight excluding hydrogens is 359 g/mol. The highest BCUT2D eigenvalue weighted by molar-refractivity contribution is 5.96. The number of aromatic nitrogens is 2. The molecule has 28 heavy (non-hydrogen) atoms. The van der Waals surface area contributed by atoms with Crippen molar-refractivity contribution in [1.82, 2.24) is 15.1 Å². The average Bonchev–Trinajstić information content (AvgIpc) is 3.03. The molecule has 0 radical (unpaired) electrons. The first kappa shape index (κ1) is 21.3. The van der Waals surface area contributed by atoms with Crippen LogP contribution >= 0.6 is 0 Å². The molecule has 1 heterocycles. The lowest BCUT2D eigenvalue weighted by Crippen LogP contribution is -2.52. The van der Waals surface area contributed by atoms with Gasteiger partial charge in [0.05, 0.1) is 5.69 Å². The van der Waals surface area contributed by atoms with Gasteiger partial charge in [0.25, 0.3) is 5.91 Å². The molecule has 0 saturated heterocycles. The van der Waals surface area contributed by atoms with E-state index in [4.69, 9.17) is 5.73 Å². The van der Waals surface area contributed by atoms with Crippen LogP contribution in [0.2, 0.25) is 0 Å². The van der Waals surface area contributed by atoms with E-state index in [9.17, 15) is 14.0 Å². The van der Waals surface area contributed by atoms with Gasteiger partial charge in [0.1, 0.15) is 11.9 Å². The lowest BCUT2D eigenvalue weighted by atomic mass is 9.86. The predicted molar refractivity (Wildman–Crippen MR) is 107 cm³/mol. The Balaban J connectivity index is 2.34. The first-order valence-electron chi connectivity index (χ1n) is 9.18. The molecule has 1 atom stereocenters. The molecule has 0 aliphatic rings. The molecule has 6 nitrogen and oxygen atoms in total. The van der Waals surface area contributed by atoms with Gasteiger partial charge in [0.15, 0.2) is 5.69 Å². The van der Waals surface area contributed by atoms with Crippen LogP contribution in [0.25, 0.3) is 11.3 Å². The Morgan fingerprint density at radius 1 is 1.32 bits per heavy atom. The molecule has 150 valence electrons. The molecule has 1 aromatic heterocycles. The largest absolute Gasteiger partial charge is 0.368 e. The van der Waals surface area contributed by atoms with Crippen LogP contribution in [0.1, 0.15) is 44.1 Å². The van der Waals surface area contributed by atoms with E-state index in [1.54, 1.807) is 22.9 Å². The van der Waals surface area contributed by atoms with Gasteiger partial charge in [-0.1, -0.05) is 26.8 Å². The number of hydrogen-bond acceptors (Lipinski definition) is 3. The average molecular weight is 386 g/mol. The van der Waals surface area contributed by atoms with E-state index < -0.39 is 23.3 Å². The normalized spacial score (nSPS) is 12.4. The van der Waals surface area contributed by atoms with Crippen molar-refractivity contribution in [2.45, 2.75) is 46.2 Å². The van der Waals surface area contributed by atoms with Crippen LogP contribution in [0, 0.1) is 11.2 Å². The Hall–Kier alpha value is -2.96. The van der Waals surface area contributed by atoms with E-state index in [1.807, 2.05) is 26.8 Å². The van der Waals surface area contributed by atoms with Crippen LogP contribution in [-0.2, 0) is 11.3 Å². The van der Waals surface area contributed by atoms with Gasteiger partial charge in [-0.3, -0.25) is 14.3 Å². The number of allylic oxidation sites excluding steroid dienone is 1. The summed E-state index contributed by atoms with van der Waals surface area (Å²) in [5.41, 5.74) is 6.53. The molecular formula is C21H27FN4O2. The number of amides is 2. The summed E-state index contributed by atoms with van der Waals surface area (Å²) in [6.07, 6.45) is 3.42. The number of nitrogens with one attached hydrogen (secondary N) is 1. The van der Waals surface area contributed by atoms with Gasteiger partial charge in [-0.05, 0) is 48.6 Å². The minimum Gasteiger partial charge on any atom is -0.368 e. The highest BCUT2D eigenvalue weighted by atomic mass is 19.1. The first-order chi connectivity index (χ1) is 13.1. The number of primary amides is 1. The number of carbonyl (C=O) groups excluding carboxylic acids is 2. The molecule has 0 saturated carbocycles. The Morgan fingerprint density at radius 2 is 1.96 bits per heavy atom. The summed E-state index contributed by atoms with van der Waals surface area (Å²) < 4.78 is 15.0. The molecule has 2 amide bonds. The highest BCUT2D eigenvalue weighted by Gasteiger charge is 2.32. The van der Waals surface area contributed by atoms with Gasteiger partial charge in [-0.2, -0.15) is 5.10 Å². The predicted octanol–water partition coefficient (Wildman–Crippen LogP) is 3.29. The second kappa shape index (κ2) is 8.82. The summed E-state index contributed by atoms with van der Waals surface area (Å²) in [5, 5.41) is 7.08. The van der Waals surface area contributed by atoms with Gasteiger partial charge in [-0.15, -0.1) is 6.58 Å². The summed E-state index contributed by atoms with van der Waals surface area (Å²) in [4.78, 5) is 24.5. The second-order valence-corrected chi connectivity index (χ2v) is 7.75. The van der Waals surface area contributed by atoms with Crippen LogP contribution in [0.4, 0.5) is 4.39 Å². The molecule has 1 aromatic carbocycles. The molecule has 0 bridgehead atoms. The van der Waals surface area contributed by atoms with E-state index in [0.717, 1.165) is 18.4 Å². The number of benzene rings is 1. The molecule has 3 N–H and O–H groups in total. The zero-order valence-electron chi connectivity index (χ0n) is 16.5. The molecule has 2 rings (SSSR count). The number of rotatable bonds is 8. The third-order valence-electron chi connectivity index (χ3n) is 4.36. The number of nitrogens with zero attached hydrogens (tertiary/aromatic N) is 2. The summed E-state index contributed by atoms with van der Waals surface area (Å²) in [5.74, 6) is -1.43. The maximum Gasteiger partial charge on any atom is 0.272 e. The number of nitrogens with two attached hydrogens (primary N) is 1. The van der Waals surface area contributed by atoms with E-state index in [1.165, 1.54) is 12.1 Å². The molecule has 0 spiro atoms. The topological polar surface area (TPSA) is 90.0 Å². The van der Waals surface area contributed by atoms with Gasteiger partial charge < -0.3 is 11.1 Å². The van der Waals surface area contributed by atoms with Gasteiger partial charge in [0, 0.05) is 12.1 Å². The van der Waals surface area contributed by atoms with Crippen molar-refractivity contribution in [2.24, 2.45) is 11.1 Å². The zero-order chi connectivity index (χ0) is 20.9. The van der Waals surface area contributed by atoms with Crippen molar-refractivity contribution >= 4 is 11.8 Å². The lowest BCUT2D eigenvalue weighted by molar-refractivity contribution is -0.122. The van der Waals surface area contributed by atoms with Crippen LogP contribution in [0.5, 0.6) is 0 Å². The molecule has 0 aliphatic carbocycles. The van der Waals surface area contributed by atoms with Gasteiger partial charge in [-0.25, -0.2) is 4.39 Å². The third-order valence-corrected chi connectivity index (χ3v) is 4.36. The second-order valence-electron chi connectivity index (χ2n) is 7.75. The zero-order valence-corrected chi connectivity index (χ0v) is 16.5. The number of hydrogen-bond donors (Lipinski definition) is 2. The van der Waals surface area contributed by atoms with E-state index >= 15 is 0 Å². The number of unbranched alkanes of at least 4 members (excludes halogenated alkanes) is 1. The summed E-state index contributed by atoms with van der Waals surface area (Å²) in [6.45, 7) is 9.74. The van der Waals surface area contributed by atoms with Crippen molar-refractivity contribution in [3.8, 4) is 11.3 Å². The Morgan fingerprint density at radius 3 is 2.50 bits per heavy atom. The number of aryl methyl sites for hydroxylation is 1. The Labute approximate surface area is 164 Å². The SMILES string of the molecule is C=CCCCn1nc(C(=O)N[C@H](C(N)=O)C(C)(C)C)cc1-c1ccc(F)cc1. The summed E-state index contributed by atoms with van der Waals surface area (Å²) >= 11 is 0. The lowest BCUT2D eigenvalue weighted by Gasteiger charge is -2.28. The van der Waals surface area contributed by atoms with Crippen LogP contribution in [0.15, 0.2) is 43.0 Å². The van der Waals surface area contributed by atoms with Crippen LogP contribution in [0.3, 0.4) is 0 Å². The van der Waals surface area contributed by atoms with Crippen molar-refractivity contribution < 1.29 is 14.0 Å². The first-order valence-corrected chi connectivity index (χ1v) is 9.18. The summed E-state index contributed by atoms with van der Waals surface area (Å²) in [7, 11) is 0. The Bertz CT molecular complexity index is 850. The maximum atomic E-state index is 13.3. The fraction of sp³-hybridized carbons (Fsp3) is 0.381. The van der Waals surface area contributed by atoms with Gasteiger partial charge >= 0.3 is 0 Å². The van der Waals surface area contributed by atoms with Gasteiger partial charge in [0.2, 0.25) is 5.91 Å². The molecule has 0 fully saturated rings. The molecule has 0 aliphatic heterocycles. The maximum absolute atomic E-state index is 13.3. The fourth-order valence-electron chi connectivity index (χ4n) is 2.86. The monoisotopic (exact) mass is 386 g/mol. The molecule has 0 unspecified atom stereocenters. The minimum absolute atomic E-state index is 0.174. The van der Waals surface area contributed by atoms with Crippen molar-refractivity contribution in [2.75, 3.05) is 0 Å². The molecule has 2 aromatic rings. The minimum atomic E-state index is -0.833. The fourth-order valence-corrected chi connectivity index (χ4v) is 2.86. The van der Waals surface area contributed by atoms with E-state index in [-0.39, 0.29) is 11.5 Å². The van der Waals surface area contributed by atoms with Crippen LogP contribution in [-0.4, -0.2) is 27.6 Å². The van der Waals surface area contributed by atoms with E-state index in [2.05, 4.69) is 17.0 Å². The number of halogens is 1. The van der Waals surface area contributed by atoms with Crippen molar-refractivity contribution in [3.05, 3.63) is 54.5 Å². The highest BCUT2D eigenvalue weighted by Crippen LogP contribution is 2.23. The van der Waals surface area contributed by atoms with Crippen molar-refractivity contribution in [1.29, 1.82) is 0 Å². The standard InChI is InChI=1S/C21H27FN4O2/c1-5-6-7-12-26-17(14-8-10-15(22)11-9-14)13-16(25-26)20(28)24-18(19(23)27)21(2,3)4/h5,8-11,13,18H,1,6-7,12H2,2-4H3,(H2,23,27)(H,24,28)/t18-/m1/s1. The van der Waals surface area contributed by atoms with Crippen LogP contribution < -0.4 is 11.1 Å². The number of carbonyl (C=O) groups is 2. The van der Waals surface area contributed by atoms with Crippen molar-refractivity contribution in [3.63, 3.8) is 0 Å². The summed E-state index contributed by atoms with van der Waals surface area (Å²) in [6, 6.07) is 6.80. The smallest absolute Gasteiger partial charge is 0.272 e. The Kier molecular flexibility index (Phi) is 6.72. The van der Waals surface area contributed by atoms with E-state index in [0.29, 0.717) is 12.2 Å².